The van der Waals surface area contributed by atoms with Gasteiger partial charge in [0.1, 0.15) is 0 Å². The van der Waals surface area contributed by atoms with Gasteiger partial charge in [-0.25, -0.2) is 14.6 Å². The SMILES string of the molecule is COC(=O)c1ccc(C2C(C(=O)OCC(C)C)=C(C)N=c3sc(=Cc4cccc(Cl)c4)c(=O)n32)cc1. The predicted molar refractivity (Wildman–Crippen MR) is 139 cm³/mol. The van der Waals surface area contributed by atoms with Crippen molar-refractivity contribution in [1.82, 2.24) is 4.57 Å². The van der Waals surface area contributed by atoms with Gasteiger partial charge in [0.25, 0.3) is 5.56 Å². The lowest BCUT2D eigenvalue weighted by atomic mass is 9.95. The van der Waals surface area contributed by atoms with Gasteiger partial charge in [-0.05, 0) is 54.3 Å². The molecule has 0 N–H and O–H groups in total. The highest BCUT2D eigenvalue weighted by Crippen LogP contribution is 2.31. The number of thiazole rings is 1. The molecular weight excluding hydrogens is 500 g/mol. The molecule has 0 saturated heterocycles. The van der Waals surface area contributed by atoms with Gasteiger partial charge in [0.2, 0.25) is 0 Å². The summed E-state index contributed by atoms with van der Waals surface area (Å²) < 4.78 is 12.3. The molecule has 0 fully saturated rings. The van der Waals surface area contributed by atoms with Crippen LogP contribution in [-0.4, -0.2) is 30.2 Å². The fourth-order valence-corrected chi connectivity index (χ4v) is 5.13. The van der Waals surface area contributed by atoms with Gasteiger partial charge in [0.15, 0.2) is 4.80 Å². The zero-order chi connectivity index (χ0) is 26.0. The number of esters is 2. The lowest BCUT2D eigenvalue weighted by Crippen LogP contribution is -2.40. The summed E-state index contributed by atoms with van der Waals surface area (Å²) in [6.07, 6.45) is 1.75. The van der Waals surface area contributed by atoms with Crippen LogP contribution in [0.4, 0.5) is 0 Å². The number of hydrogen-bond acceptors (Lipinski definition) is 7. The van der Waals surface area contributed by atoms with Crippen molar-refractivity contribution < 1.29 is 19.1 Å². The number of carbonyl (C=O) groups is 2. The summed E-state index contributed by atoms with van der Waals surface area (Å²) in [5.41, 5.74) is 2.24. The van der Waals surface area contributed by atoms with E-state index in [-0.39, 0.29) is 23.7 Å². The highest BCUT2D eigenvalue weighted by atomic mass is 35.5. The summed E-state index contributed by atoms with van der Waals surface area (Å²) in [7, 11) is 1.31. The third kappa shape index (κ3) is 5.20. The van der Waals surface area contributed by atoms with E-state index >= 15 is 0 Å². The number of fused-ring (bicyclic) bond motifs is 1. The Morgan fingerprint density at radius 1 is 1.17 bits per heavy atom. The first kappa shape index (κ1) is 25.6. The van der Waals surface area contributed by atoms with E-state index in [2.05, 4.69) is 4.99 Å². The molecule has 2 aromatic carbocycles. The van der Waals surface area contributed by atoms with E-state index in [1.54, 1.807) is 49.4 Å². The normalized spacial score (nSPS) is 15.5. The van der Waals surface area contributed by atoms with E-state index in [9.17, 15) is 14.4 Å². The van der Waals surface area contributed by atoms with Crippen molar-refractivity contribution in [2.75, 3.05) is 13.7 Å². The molecule has 1 aromatic heterocycles. The molecule has 9 heteroatoms. The second-order valence-corrected chi connectivity index (χ2v) is 10.2. The number of nitrogens with zero attached hydrogens (tertiary/aromatic N) is 2. The molecule has 1 unspecified atom stereocenters. The number of halogens is 1. The Kier molecular flexibility index (Phi) is 7.56. The van der Waals surface area contributed by atoms with Gasteiger partial charge >= 0.3 is 11.9 Å². The van der Waals surface area contributed by atoms with E-state index < -0.39 is 18.0 Å². The molecule has 0 saturated carbocycles. The van der Waals surface area contributed by atoms with Crippen LogP contribution in [0, 0.1) is 5.92 Å². The smallest absolute Gasteiger partial charge is 0.338 e. The number of benzene rings is 2. The molecule has 0 aliphatic carbocycles. The zero-order valence-electron chi connectivity index (χ0n) is 20.3. The van der Waals surface area contributed by atoms with Crippen LogP contribution in [0.2, 0.25) is 5.02 Å². The number of hydrogen-bond donors (Lipinski definition) is 0. The van der Waals surface area contributed by atoms with Gasteiger partial charge in [0.05, 0.1) is 41.1 Å². The Bertz CT molecular complexity index is 1530. The van der Waals surface area contributed by atoms with Crippen LogP contribution in [-0.2, 0) is 14.3 Å². The number of methoxy groups -OCH3 is 1. The van der Waals surface area contributed by atoms with Gasteiger partial charge in [-0.15, -0.1) is 0 Å². The molecule has 1 aliphatic heterocycles. The van der Waals surface area contributed by atoms with Crippen molar-refractivity contribution in [2.24, 2.45) is 10.9 Å². The minimum atomic E-state index is -0.769. The fraction of sp³-hybridized carbons (Fsp3) is 0.259. The molecule has 0 spiro atoms. The monoisotopic (exact) mass is 524 g/mol. The number of allylic oxidation sites excluding steroid dienone is 1. The molecule has 1 aliphatic rings. The molecule has 36 heavy (non-hydrogen) atoms. The quantitative estimate of drug-likeness (QED) is 0.457. The summed E-state index contributed by atoms with van der Waals surface area (Å²) in [5, 5.41) is 0.561. The van der Waals surface area contributed by atoms with Gasteiger partial charge in [-0.3, -0.25) is 9.36 Å². The molecule has 2 heterocycles. The lowest BCUT2D eigenvalue weighted by Gasteiger charge is -2.25. The van der Waals surface area contributed by atoms with Crippen molar-refractivity contribution in [2.45, 2.75) is 26.8 Å². The second-order valence-electron chi connectivity index (χ2n) is 8.74. The third-order valence-electron chi connectivity index (χ3n) is 5.58. The van der Waals surface area contributed by atoms with E-state index in [0.29, 0.717) is 31.2 Å². The lowest BCUT2D eigenvalue weighted by molar-refractivity contribution is -0.140. The first-order valence-corrected chi connectivity index (χ1v) is 12.5. The highest BCUT2D eigenvalue weighted by Gasteiger charge is 2.33. The van der Waals surface area contributed by atoms with E-state index in [1.807, 2.05) is 26.0 Å². The Morgan fingerprint density at radius 2 is 1.89 bits per heavy atom. The first-order chi connectivity index (χ1) is 17.2. The Morgan fingerprint density at radius 3 is 2.53 bits per heavy atom. The summed E-state index contributed by atoms with van der Waals surface area (Å²) in [4.78, 5) is 43.9. The molecule has 7 nitrogen and oxygen atoms in total. The molecular formula is C27H25ClN2O5S. The van der Waals surface area contributed by atoms with Crippen LogP contribution < -0.4 is 14.9 Å². The standard InChI is InChI=1S/C27H25ClN2O5S/c1-15(2)14-35-26(33)22-16(3)29-27-30(23(22)18-8-10-19(11-9-18)25(32)34-4)24(31)21(36-27)13-17-6-5-7-20(28)12-17/h5-13,15,23H,14H2,1-4H3. The van der Waals surface area contributed by atoms with E-state index in [1.165, 1.54) is 23.0 Å². The van der Waals surface area contributed by atoms with Crippen LogP contribution >= 0.6 is 22.9 Å². The molecule has 186 valence electrons. The predicted octanol–water partition coefficient (Wildman–Crippen LogP) is 3.87. The molecule has 4 rings (SSSR count). The molecule has 1 atom stereocenters. The van der Waals surface area contributed by atoms with Crippen molar-refractivity contribution in [3.63, 3.8) is 0 Å². The van der Waals surface area contributed by atoms with Crippen LogP contribution in [0.5, 0.6) is 0 Å². The van der Waals surface area contributed by atoms with Crippen LogP contribution in [0.15, 0.2) is 69.6 Å². The molecule has 0 amide bonds. The maximum Gasteiger partial charge on any atom is 0.338 e. The number of carbonyl (C=O) groups excluding carboxylic acids is 2. The average molecular weight is 525 g/mol. The third-order valence-corrected chi connectivity index (χ3v) is 6.80. The Labute approximate surface area is 217 Å². The van der Waals surface area contributed by atoms with E-state index in [4.69, 9.17) is 21.1 Å². The summed E-state index contributed by atoms with van der Waals surface area (Å²) in [5.74, 6) is -0.863. The van der Waals surface area contributed by atoms with Gasteiger partial charge in [-0.2, -0.15) is 0 Å². The molecule has 3 aromatic rings. The number of ether oxygens (including phenoxy) is 2. The van der Waals surface area contributed by atoms with Crippen molar-refractivity contribution in [1.29, 1.82) is 0 Å². The van der Waals surface area contributed by atoms with Crippen molar-refractivity contribution in [3.8, 4) is 0 Å². The largest absolute Gasteiger partial charge is 0.465 e. The minimum absolute atomic E-state index is 0.145. The van der Waals surface area contributed by atoms with Crippen LogP contribution in [0.25, 0.3) is 6.08 Å². The van der Waals surface area contributed by atoms with Gasteiger partial charge in [-0.1, -0.05) is 61.1 Å². The zero-order valence-corrected chi connectivity index (χ0v) is 21.9. The summed E-state index contributed by atoms with van der Waals surface area (Å²) >= 11 is 7.35. The topological polar surface area (TPSA) is 87.0 Å². The Hall–Kier alpha value is -3.49. The minimum Gasteiger partial charge on any atom is -0.465 e. The maximum atomic E-state index is 13.6. The summed E-state index contributed by atoms with van der Waals surface area (Å²) in [6, 6.07) is 13.1. The highest BCUT2D eigenvalue weighted by molar-refractivity contribution is 7.07. The van der Waals surface area contributed by atoms with Crippen molar-refractivity contribution >= 4 is 41.0 Å². The van der Waals surface area contributed by atoms with Gasteiger partial charge in [0, 0.05) is 5.02 Å². The number of aromatic nitrogens is 1. The maximum absolute atomic E-state index is 13.6. The van der Waals surface area contributed by atoms with Crippen LogP contribution in [0.1, 0.15) is 48.3 Å². The van der Waals surface area contributed by atoms with E-state index in [0.717, 1.165) is 5.56 Å². The summed E-state index contributed by atoms with van der Waals surface area (Å²) in [6.45, 7) is 5.86. The van der Waals surface area contributed by atoms with Gasteiger partial charge < -0.3 is 9.47 Å². The first-order valence-electron chi connectivity index (χ1n) is 11.3. The Balaban J connectivity index is 1.89. The average Bonchev–Trinajstić information content (AvgIpc) is 3.15. The second kappa shape index (κ2) is 10.6. The molecule has 0 bridgehead atoms. The molecule has 0 radical (unpaired) electrons. The fourth-order valence-electron chi connectivity index (χ4n) is 3.89. The van der Waals surface area contributed by atoms with Crippen LogP contribution in [0.3, 0.4) is 0 Å². The number of rotatable bonds is 6. The van der Waals surface area contributed by atoms with Crippen molar-refractivity contribution in [3.05, 3.63) is 101 Å².